The fourth-order valence-corrected chi connectivity index (χ4v) is 8.02. The molecule has 4 fully saturated rings. The second-order valence-electron chi connectivity index (χ2n) is 12.7. The first-order chi connectivity index (χ1) is 21.0. The molecule has 1 N–H and O–H groups in total. The van der Waals surface area contributed by atoms with Crippen LogP contribution in [0, 0.1) is 5.82 Å². The van der Waals surface area contributed by atoms with Crippen LogP contribution in [0.2, 0.25) is 0 Å². The van der Waals surface area contributed by atoms with E-state index in [0.29, 0.717) is 48.4 Å². The van der Waals surface area contributed by atoms with Crippen LogP contribution in [0.5, 0.6) is 6.01 Å². The van der Waals surface area contributed by atoms with Gasteiger partial charge in [-0.05, 0) is 48.6 Å². The summed E-state index contributed by atoms with van der Waals surface area (Å²) in [5.74, 6) is 0.138. The number of rotatable bonds is 7. The highest BCUT2D eigenvalue weighted by Gasteiger charge is 2.49. The lowest BCUT2D eigenvalue weighted by Gasteiger charge is -2.34. The summed E-state index contributed by atoms with van der Waals surface area (Å²) in [7, 11) is 1.66. The van der Waals surface area contributed by atoms with E-state index in [1.165, 1.54) is 0 Å². The van der Waals surface area contributed by atoms with Crippen molar-refractivity contribution in [3.63, 3.8) is 0 Å². The summed E-state index contributed by atoms with van der Waals surface area (Å²) in [5, 5.41) is 6.12. The van der Waals surface area contributed by atoms with Crippen LogP contribution in [0.1, 0.15) is 37.7 Å². The number of piperazine rings is 1. The van der Waals surface area contributed by atoms with Gasteiger partial charge in [0, 0.05) is 57.0 Å². The van der Waals surface area contributed by atoms with E-state index >= 15 is 4.39 Å². The molecule has 4 aliphatic rings. The molecule has 4 saturated heterocycles. The van der Waals surface area contributed by atoms with Gasteiger partial charge in [-0.15, -0.1) is 0 Å². The molecular weight excluding hydrogens is 550 g/mol. The summed E-state index contributed by atoms with van der Waals surface area (Å²) in [5.41, 5.74) is 1.72. The number of halogens is 2. The summed E-state index contributed by atoms with van der Waals surface area (Å²) < 4.78 is 43.0. The maximum atomic E-state index is 16.8. The summed E-state index contributed by atoms with van der Waals surface area (Å²) >= 11 is 0. The van der Waals surface area contributed by atoms with E-state index in [0.717, 1.165) is 61.7 Å². The van der Waals surface area contributed by atoms with Gasteiger partial charge in [0.05, 0.1) is 17.5 Å². The Labute approximate surface area is 249 Å². The second-order valence-corrected chi connectivity index (χ2v) is 12.7. The van der Waals surface area contributed by atoms with Crippen molar-refractivity contribution >= 4 is 27.5 Å². The van der Waals surface area contributed by atoms with Gasteiger partial charge >= 0.3 is 6.01 Å². The number of benzene rings is 2. The van der Waals surface area contributed by atoms with E-state index in [9.17, 15) is 4.39 Å². The number of pyridine rings is 1. The number of anilines is 1. The molecule has 0 spiro atoms. The van der Waals surface area contributed by atoms with E-state index < -0.39 is 12.0 Å². The summed E-state index contributed by atoms with van der Waals surface area (Å²) in [6.07, 6.45) is 5.41. The minimum atomic E-state index is -0.858. The standard InChI is InChI=1S/C33H36F2N6O2/c1-42-18-21-7-2-5-20-6-3-8-25(27(20)21)29-28(35)30-26(14-36-29)31(40-16-23-9-10-24(17-40)37-23)39-32(38-30)43-19-33-11-4-12-41(33)15-22(34)13-33/h2-3,5-8,14,22-24,37H,4,9-13,15-19H2,1H3/t22?,23-,24+,33?. The molecule has 0 radical (unpaired) electrons. The molecule has 8 nitrogen and oxygen atoms in total. The first-order valence-corrected chi connectivity index (χ1v) is 15.4. The molecule has 8 rings (SSSR count). The Hall–Kier alpha value is -3.47. The van der Waals surface area contributed by atoms with Gasteiger partial charge < -0.3 is 19.7 Å². The van der Waals surface area contributed by atoms with Crippen molar-refractivity contribution in [1.29, 1.82) is 0 Å². The fourth-order valence-electron chi connectivity index (χ4n) is 8.02. The van der Waals surface area contributed by atoms with Crippen molar-refractivity contribution in [3.05, 3.63) is 54.0 Å². The van der Waals surface area contributed by atoms with Crippen molar-refractivity contribution in [1.82, 2.24) is 25.2 Å². The maximum Gasteiger partial charge on any atom is 0.319 e. The highest BCUT2D eigenvalue weighted by molar-refractivity contribution is 6.00. The average molecular weight is 587 g/mol. The van der Waals surface area contributed by atoms with Gasteiger partial charge in [0.2, 0.25) is 0 Å². The molecule has 224 valence electrons. The molecule has 0 amide bonds. The highest BCUT2D eigenvalue weighted by atomic mass is 19.1. The van der Waals surface area contributed by atoms with Gasteiger partial charge in [0.15, 0.2) is 5.82 Å². The van der Waals surface area contributed by atoms with Crippen molar-refractivity contribution in [2.75, 3.05) is 44.8 Å². The topological polar surface area (TPSA) is 75.6 Å². The Morgan fingerprint density at radius 1 is 1.07 bits per heavy atom. The number of aromatic nitrogens is 3. The van der Waals surface area contributed by atoms with Crippen molar-refractivity contribution in [3.8, 4) is 17.3 Å². The lowest BCUT2D eigenvalue weighted by atomic mass is 9.95. The Kier molecular flexibility index (Phi) is 6.69. The number of ether oxygens (including phenoxy) is 2. The lowest BCUT2D eigenvalue weighted by Crippen LogP contribution is -2.51. The van der Waals surface area contributed by atoms with Crippen LogP contribution >= 0.6 is 0 Å². The van der Waals surface area contributed by atoms with Crippen molar-refractivity contribution in [2.45, 2.75) is 62.5 Å². The third kappa shape index (κ3) is 4.62. The monoisotopic (exact) mass is 586 g/mol. The zero-order valence-corrected chi connectivity index (χ0v) is 24.4. The molecule has 2 bridgehead atoms. The van der Waals surface area contributed by atoms with Crippen LogP contribution in [-0.2, 0) is 11.3 Å². The largest absolute Gasteiger partial charge is 0.461 e. The minimum absolute atomic E-state index is 0.131. The third-order valence-electron chi connectivity index (χ3n) is 9.94. The number of fused-ring (bicyclic) bond motifs is 5. The van der Waals surface area contributed by atoms with Crippen LogP contribution < -0.4 is 15.0 Å². The van der Waals surface area contributed by atoms with E-state index in [1.54, 1.807) is 13.3 Å². The van der Waals surface area contributed by atoms with Crippen LogP contribution in [0.3, 0.4) is 0 Å². The first kappa shape index (κ1) is 27.1. The number of nitrogens with zero attached hydrogens (tertiary/aromatic N) is 5. The van der Waals surface area contributed by atoms with Gasteiger partial charge in [-0.1, -0.05) is 36.4 Å². The van der Waals surface area contributed by atoms with Crippen molar-refractivity contribution in [2.24, 2.45) is 0 Å². The smallest absolute Gasteiger partial charge is 0.319 e. The second kappa shape index (κ2) is 10.6. The van der Waals surface area contributed by atoms with Crippen LogP contribution in [0.4, 0.5) is 14.6 Å². The predicted molar refractivity (Wildman–Crippen MR) is 162 cm³/mol. The molecule has 2 aromatic heterocycles. The van der Waals surface area contributed by atoms with E-state index in [1.807, 2.05) is 36.4 Å². The van der Waals surface area contributed by atoms with Gasteiger partial charge in [0.25, 0.3) is 0 Å². The van der Waals surface area contributed by atoms with Gasteiger partial charge in [-0.25, -0.2) is 8.78 Å². The van der Waals surface area contributed by atoms with E-state index in [-0.39, 0.29) is 29.4 Å². The number of alkyl halides is 1. The Bertz CT molecular complexity index is 1690. The fraction of sp³-hybridized carbons (Fsp3) is 0.485. The van der Waals surface area contributed by atoms with Crippen molar-refractivity contribution < 1.29 is 18.3 Å². The Morgan fingerprint density at radius 2 is 1.88 bits per heavy atom. The Balaban J connectivity index is 1.25. The molecule has 4 aromatic rings. The zero-order valence-electron chi connectivity index (χ0n) is 24.4. The molecular formula is C33H36F2N6O2. The van der Waals surface area contributed by atoms with Crippen LogP contribution in [-0.4, -0.2) is 83.5 Å². The first-order valence-electron chi connectivity index (χ1n) is 15.4. The number of hydrogen-bond donors (Lipinski definition) is 1. The molecule has 4 aliphatic heterocycles. The van der Waals surface area contributed by atoms with Gasteiger partial charge in [0.1, 0.15) is 29.8 Å². The molecule has 10 heteroatoms. The predicted octanol–water partition coefficient (Wildman–Crippen LogP) is 5.03. The number of hydrogen-bond acceptors (Lipinski definition) is 8. The number of methoxy groups -OCH3 is 1. The summed E-state index contributed by atoms with van der Waals surface area (Å²) in [4.78, 5) is 18.7. The number of nitrogens with one attached hydrogen (secondary N) is 1. The highest BCUT2D eigenvalue weighted by Crippen LogP contribution is 2.41. The molecule has 2 unspecified atom stereocenters. The van der Waals surface area contributed by atoms with E-state index in [2.05, 4.69) is 20.1 Å². The summed E-state index contributed by atoms with van der Waals surface area (Å²) in [6.45, 7) is 3.55. The molecule has 2 aromatic carbocycles. The SMILES string of the molecule is COCc1cccc2cccc(-c3ncc4c(N5C[C@H]6CC[C@@H](C5)N6)nc(OCC56CCCN5CC(F)C6)nc4c3F)c12. The molecule has 6 heterocycles. The average Bonchev–Trinajstić information content (AvgIpc) is 3.66. The quantitative estimate of drug-likeness (QED) is 0.324. The normalized spacial score (nSPS) is 27.0. The third-order valence-corrected chi connectivity index (χ3v) is 9.94. The van der Waals surface area contributed by atoms with Crippen LogP contribution in [0.15, 0.2) is 42.6 Å². The summed E-state index contributed by atoms with van der Waals surface area (Å²) in [6, 6.07) is 12.7. The minimum Gasteiger partial charge on any atom is -0.461 e. The van der Waals surface area contributed by atoms with E-state index in [4.69, 9.17) is 19.4 Å². The zero-order chi connectivity index (χ0) is 29.1. The molecule has 4 atom stereocenters. The Morgan fingerprint density at radius 3 is 2.70 bits per heavy atom. The molecule has 43 heavy (non-hydrogen) atoms. The molecule has 0 aliphatic carbocycles. The lowest BCUT2D eigenvalue weighted by molar-refractivity contribution is 0.107. The van der Waals surface area contributed by atoms with Gasteiger partial charge in [-0.3, -0.25) is 9.88 Å². The van der Waals surface area contributed by atoms with Gasteiger partial charge in [-0.2, -0.15) is 9.97 Å². The maximum absolute atomic E-state index is 16.8. The van der Waals surface area contributed by atoms with Crippen LogP contribution in [0.25, 0.3) is 32.9 Å². The molecule has 0 saturated carbocycles.